The molecule has 0 fully saturated rings. The number of carbonyl (C=O) groups is 1. The van der Waals surface area contributed by atoms with Gasteiger partial charge in [-0.3, -0.25) is 4.79 Å². The van der Waals surface area contributed by atoms with Crippen LogP contribution in [0.25, 0.3) is 0 Å². The van der Waals surface area contributed by atoms with Gasteiger partial charge in [0.25, 0.3) is 5.91 Å². The monoisotopic (exact) mass is 336 g/mol. The topological polar surface area (TPSA) is 32.3 Å². The third-order valence-corrected chi connectivity index (χ3v) is 4.57. The molecule has 3 nitrogen and oxygen atoms in total. The number of nitrogens with one attached hydrogen (secondary N) is 1. The van der Waals surface area contributed by atoms with Gasteiger partial charge in [-0.2, -0.15) is 0 Å². The van der Waals surface area contributed by atoms with Crippen molar-refractivity contribution in [2.24, 2.45) is 0 Å². The predicted molar refractivity (Wildman–Crippen MR) is 102 cm³/mol. The third kappa shape index (κ3) is 3.66. The molecular weight excluding hydrogens is 316 g/mol. The van der Waals surface area contributed by atoms with Crippen LogP contribution in [-0.2, 0) is 0 Å². The highest BCUT2D eigenvalue weighted by molar-refractivity contribution is 7.12. The molecule has 1 aromatic heterocycles. The normalized spacial score (nSPS) is 10.6. The molecule has 0 bridgehead atoms. The van der Waals surface area contributed by atoms with Crippen molar-refractivity contribution >= 4 is 34.3 Å². The number of anilines is 3. The number of hydrogen-bond acceptors (Lipinski definition) is 3. The highest BCUT2D eigenvalue weighted by Crippen LogP contribution is 2.28. The van der Waals surface area contributed by atoms with Crippen molar-refractivity contribution in [1.29, 1.82) is 0 Å². The Kier molecular flexibility index (Phi) is 4.96. The minimum Gasteiger partial charge on any atom is -0.339 e. The molecule has 1 amide bonds. The van der Waals surface area contributed by atoms with Crippen molar-refractivity contribution < 1.29 is 4.79 Å². The van der Waals surface area contributed by atoms with Crippen molar-refractivity contribution in [2.45, 2.75) is 19.9 Å². The number of nitrogens with zero attached hydrogens (tertiary/aromatic N) is 1. The Labute approximate surface area is 146 Å². The lowest BCUT2D eigenvalue weighted by Crippen LogP contribution is -2.25. The molecule has 1 N–H and O–H groups in total. The standard InChI is InChI=1S/C20H20N2OS/c1-15(2)22(17-7-4-3-5-8-17)18-12-10-16(11-13-18)21-20(23)19-9-6-14-24-19/h3-15H,1-2H3,(H,21,23). The zero-order chi connectivity index (χ0) is 16.9. The van der Waals surface area contributed by atoms with E-state index in [-0.39, 0.29) is 5.91 Å². The fourth-order valence-electron chi connectivity index (χ4n) is 2.64. The second kappa shape index (κ2) is 7.32. The Hall–Kier alpha value is -2.59. The van der Waals surface area contributed by atoms with E-state index in [1.54, 1.807) is 0 Å². The van der Waals surface area contributed by atoms with E-state index in [4.69, 9.17) is 0 Å². The van der Waals surface area contributed by atoms with Gasteiger partial charge in [-0.25, -0.2) is 0 Å². The molecule has 122 valence electrons. The average molecular weight is 336 g/mol. The Balaban J connectivity index is 1.79. The molecule has 24 heavy (non-hydrogen) atoms. The van der Waals surface area contributed by atoms with Crippen LogP contribution in [0.2, 0.25) is 0 Å². The van der Waals surface area contributed by atoms with E-state index in [1.807, 2.05) is 60.0 Å². The molecule has 1 heterocycles. The van der Waals surface area contributed by atoms with E-state index in [0.717, 1.165) is 17.1 Å². The second-order valence-corrected chi connectivity index (χ2v) is 6.73. The molecule has 0 radical (unpaired) electrons. The SMILES string of the molecule is CC(C)N(c1ccccc1)c1ccc(NC(=O)c2cccs2)cc1. The van der Waals surface area contributed by atoms with Crippen LogP contribution in [0.1, 0.15) is 23.5 Å². The third-order valence-electron chi connectivity index (χ3n) is 3.70. The van der Waals surface area contributed by atoms with Gasteiger partial charge in [-0.15, -0.1) is 11.3 Å². The first-order chi connectivity index (χ1) is 11.6. The molecule has 0 atom stereocenters. The summed E-state index contributed by atoms with van der Waals surface area (Å²) in [6.07, 6.45) is 0. The van der Waals surface area contributed by atoms with Gasteiger partial charge >= 0.3 is 0 Å². The van der Waals surface area contributed by atoms with Gasteiger partial charge in [0.05, 0.1) is 4.88 Å². The average Bonchev–Trinajstić information content (AvgIpc) is 3.12. The van der Waals surface area contributed by atoms with E-state index in [1.165, 1.54) is 11.3 Å². The summed E-state index contributed by atoms with van der Waals surface area (Å²) < 4.78 is 0. The van der Waals surface area contributed by atoms with Crippen LogP contribution in [0, 0.1) is 0 Å². The number of rotatable bonds is 5. The summed E-state index contributed by atoms with van der Waals surface area (Å²) in [5.41, 5.74) is 3.06. The number of benzene rings is 2. The summed E-state index contributed by atoms with van der Waals surface area (Å²) in [6.45, 7) is 4.33. The Morgan fingerprint density at radius 3 is 2.17 bits per heavy atom. The van der Waals surface area contributed by atoms with Crippen molar-refractivity contribution in [3.05, 3.63) is 77.0 Å². The Morgan fingerprint density at radius 2 is 1.58 bits per heavy atom. The lowest BCUT2D eigenvalue weighted by atomic mass is 10.2. The quantitative estimate of drug-likeness (QED) is 0.663. The molecule has 0 saturated heterocycles. The summed E-state index contributed by atoms with van der Waals surface area (Å²) in [7, 11) is 0. The van der Waals surface area contributed by atoms with Gasteiger partial charge < -0.3 is 10.2 Å². The van der Waals surface area contributed by atoms with Gasteiger partial charge in [-0.05, 0) is 61.7 Å². The van der Waals surface area contributed by atoms with Crippen LogP contribution in [0.15, 0.2) is 72.1 Å². The van der Waals surface area contributed by atoms with Crippen LogP contribution >= 0.6 is 11.3 Å². The summed E-state index contributed by atoms with van der Waals surface area (Å²) in [5.74, 6) is -0.0680. The highest BCUT2D eigenvalue weighted by atomic mass is 32.1. The van der Waals surface area contributed by atoms with Crippen molar-refractivity contribution in [3.63, 3.8) is 0 Å². The molecule has 0 aliphatic heterocycles. The van der Waals surface area contributed by atoms with E-state index in [0.29, 0.717) is 10.9 Å². The summed E-state index contributed by atoms with van der Waals surface area (Å²) in [6, 6.07) is 22.3. The molecule has 0 aliphatic rings. The van der Waals surface area contributed by atoms with Crippen LogP contribution in [0.4, 0.5) is 17.1 Å². The summed E-state index contributed by atoms with van der Waals surface area (Å²) >= 11 is 1.44. The zero-order valence-electron chi connectivity index (χ0n) is 13.8. The first kappa shape index (κ1) is 16.3. The summed E-state index contributed by atoms with van der Waals surface area (Å²) in [4.78, 5) is 15.1. The lowest BCUT2D eigenvalue weighted by Gasteiger charge is -2.29. The second-order valence-electron chi connectivity index (χ2n) is 5.78. The zero-order valence-corrected chi connectivity index (χ0v) is 14.6. The minimum absolute atomic E-state index is 0.0680. The molecule has 4 heteroatoms. The fraction of sp³-hybridized carbons (Fsp3) is 0.150. The smallest absolute Gasteiger partial charge is 0.265 e. The molecule has 0 aliphatic carbocycles. The van der Waals surface area contributed by atoms with E-state index in [9.17, 15) is 4.79 Å². The van der Waals surface area contributed by atoms with E-state index in [2.05, 4.69) is 36.2 Å². The highest BCUT2D eigenvalue weighted by Gasteiger charge is 2.13. The number of carbonyl (C=O) groups excluding carboxylic acids is 1. The Bertz CT molecular complexity index is 780. The molecule has 3 rings (SSSR count). The molecule has 3 aromatic rings. The van der Waals surface area contributed by atoms with E-state index < -0.39 is 0 Å². The van der Waals surface area contributed by atoms with Crippen LogP contribution in [-0.4, -0.2) is 11.9 Å². The van der Waals surface area contributed by atoms with Crippen molar-refractivity contribution in [2.75, 3.05) is 10.2 Å². The Morgan fingerprint density at radius 1 is 0.917 bits per heavy atom. The van der Waals surface area contributed by atoms with Crippen molar-refractivity contribution in [3.8, 4) is 0 Å². The van der Waals surface area contributed by atoms with Crippen LogP contribution < -0.4 is 10.2 Å². The maximum Gasteiger partial charge on any atom is 0.265 e. The maximum atomic E-state index is 12.1. The first-order valence-corrected chi connectivity index (χ1v) is 8.82. The first-order valence-electron chi connectivity index (χ1n) is 7.94. The predicted octanol–water partition coefficient (Wildman–Crippen LogP) is 5.55. The van der Waals surface area contributed by atoms with Gasteiger partial charge in [0.15, 0.2) is 0 Å². The van der Waals surface area contributed by atoms with Gasteiger partial charge in [-0.1, -0.05) is 24.3 Å². The van der Waals surface area contributed by atoms with Crippen LogP contribution in [0.3, 0.4) is 0 Å². The molecular formula is C20H20N2OS. The fourth-order valence-corrected chi connectivity index (χ4v) is 3.26. The maximum absolute atomic E-state index is 12.1. The molecule has 0 unspecified atom stereocenters. The van der Waals surface area contributed by atoms with Crippen molar-refractivity contribution in [1.82, 2.24) is 0 Å². The molecule has 0 saturated carbocycles. The number of hydrogen-bond donors (Lipinski definition) is 1. The molecule has 0 spiro atoms. The van der Waals surface area contributed by atoms with E-state index >= 15 is 0 Å². The largest absolute Gasteiger partial charge is 0.339 e. The summed E-state index contributed by atoms with van der Waals surface area (Å²) in [5, 5.41) is 4.83. The van der Waals surface area contributed by atoms with Crippen LogP contribution in [0.5, 0.6) is 0 Å². The minimum atomic E-state index is -0.0680. The number of thiophene rings is 1. The number of amides is 1. The van der Waals surface area contributed by atoms with Gasteiger partial charge in [0, 0.05) is 23.1 Å². The van der Waals surface area contributed by atoms with Gasteiger partial charge in [0.1, 0.15) is 0 Å². The van der Waals surface area contributed by atoms with Gasteiger partial charge in [0.2, 0.25) is 0 Å². The lowest BCUT2D eigenvalue weighted by molar-refractivity contribution is 0.103. The molecule has 2 aromatic carbocycles. The number of para-hydroxylation sites is 1.